The third kappa shape index (κ3) is 3.52. The Hall–Kier alpha value is -1.44. The minimum atomic E-state index is -3.88. The molecule has 0 aliphatic heterocycles. The van der Waals surface area contributed by atoms with Crippen LogP contribution < -0.4 is 0 Å². The minimum absolute atomic E-state index is 0.0563. The third-order valence-electron chi connectivity index (χ3n) is 2.31. The third-order valence-corrected chi connectivity index (χ3v) is 4.59. The molecule has 1 rings (SSSR count). The smallest absolute Gasteiger partial charge is 0.258 e. The number of halogens is 1. The summed E-state index contributed by atoms with van der Waals surface area (Å²) >= 11 is 5.82. The van der Waals surface area contributed by atoms with Gasteiger partial charge < -0.3 is 0 Å². The Kier molecular flexibility index (Phi) is 4.67. The van der Waals surface area contributed by atoms with Crippen LogP contribution in [0.15, 0.2) is 35.2 Å². The number of nitrogens with zero attached hydrogens (tertiary/aromatic N) is 2. The second-order valence-electron chi connectivity index (χ2n) is 4.09. The van der Waals surface area contributed by atoms with Gasteiger partial charge in [0.25, 0.3) is 5.69 Å². The van der Waals surface area contributed by atoms with Gasteiger partial charge in [-0.05, 0) is 13.0 Å². The second kappa shape index (κ2) is 5.68. The summed E-state index contributed by atoms with van der Waals surface area (Å²) in [4.78, 5) is 9.72. The maximum Gasteiger partial charge on any atom is 0.270 e. The summed E-state index contributed by atoms with van der Waals surface area (Å²) in [6, 6.07) is 3.30. The average molecular weight is 305 g/mol. The van der Waals surface area contributed by atoms with Crippen LogP contribution in [-0.4, -0.2) is 31.2 Å². The molecule has 0 saturated carbocycles. The van der Waals surface area contributed by atoms with Crippen LogP contribution in [-0.2, 0) is 10.0 Å². The molecule has 0 N–H and O–H groups in total. The summed E-state index contributed by atoms with van der Waals surface area (Å²) in [5.41, 5.74) is 0.319. The first-order valence-electron chi connectivity index (χ1n) is 5.21. The number of benzene rings is 1. The molecule has 0 amide bonds. The fraction of sp³-hybridized carbons (Fsp3) is 0.273. The van der Waals surface area contributed by atoms with Gasteiger partial charge in [0.1, 0.15) is 4.90 Å². The molecule has 0 unspecified atom stereocenters. The molecule has 0 aliphatic carbocycles. The quantitative estimate of drug-likeness (QED) is 0.475. The maximum atomic E-state index is 12.2. The fourth-order valence-electron chi connectivity index (χ4n) is 1.44. The van der Waals surface area contributed by atoms with E-state index in [0.29, 0.717) is 5.57 Å². The molecule has 0 radical (unpaired) electrons. The van der Waals surface area contributed by atoms with Gasteiger partial charge in [0.15, 0.2) is 0 Å². The summed E-state index contributed by atoms with van der Waals surface area (Å²) in [5.74, 6) is 0. The van der Waals surface area contributed by atoms with Gasteiger partial charge in [0, 0.05) is 25.7 Å². The molecule has 1 aromatic carbocycles. The summed E-state index contributed by atoms with van der Waals surface area (Å²) in [6.45, 7) is 5.42. The molecule has 19 heavy (non-hydrogen) atoms. The number of rotatable bonds is 5. The lowest BCUT2D eigenvalue weighted by Crippen LogP contribution is -2.28. The van der Waals surface area contributed by atoms with Crippen molar-refractivity contribution in [1.29, 1.82) is 0 Å². The van der Waals surface area contributed by atoms with Crippen molar-refractivity contribution in [3.8, 4) is 0 Å². The van der Waals surface area contributed by atoms with Gasteiger partial charge in [-0.25, -0.2) is 8.42 Å². The van der Waals surface area contributed by atoms with E-state index in [1.807, 2.05) is 0 Å². The standard InChI is InChI=1S/C11H13ClN2O4S/c1-8(2)7-13(3)19(17,18)11-6-9(14(15)16)4-5-10(11)12/h4-6H,1,7H2,2-3H3. The largest absolute Gasteiger partial charge is 0.270 e. The zero-order chi connectivity index (χ0) is 14.8. The summed E-state index contributed by atoms with van der Waals surface area (Å²) in [7, 11) is -2.52. The van der Waals surface area contributed by atoms with Gasteiger partial charge in [-0.15, -0.1) is 0 Å². The molecule has 0 aliphatic rings. The van der Waals surface area contributed by atoms with Crippen LogP contribution in [0.25, 0.3) is 0 Å². The lowest BCUT2D eigenvalue weighted by Gasteiger charge is -2.17. The number of non-ortho nitro benzene ring substituents is 1. The monoisotopic (exact) mass is 304 g/mol. The zero-order valence-electron chi connectivity index (χ0n) is 10.5. The highest BCUT2D eigenvalue weighted by molar-refractivity contribution is 7.89. The van der Waals surface area contributed by atoms with E-state index >= 15 is 0 Å². The van der Waals surface area contributed by atoms with Crippen LogP contribution in [0, 0.1) is 10.1 Å². The van der Waals surface area contributed by atoms with Gasteiger partial charge in [-0.3, -0.25) is 10.1 Å². The SMILES string of the molecule is C=C(C)CN(C)S(=O)(=O)c1cc([N+](=O)[O-])ccc1Cl. The molecule has 0 atom stereocenters. The Morgan fingerprint density at radius 3 is 2.58 bits per heavy atom. The van der Waals surface area contributed by atoms with Crippen molar-refractivity contribution in [1.82, 2.24) is 4.31 Å². The summed E-state index contributed by atoms with van der Waals surface area (Å²) in [5, 5.41) is 10.6. The fourth-order valence-corrected chi connectivity index (χ4v) is 3.16. The average Bonchev–Trinajstić information content (AvgIpc) is 2.27. The molecule has 0 fully saturated rings. The van der Waals surface area contributed by atoms with Gasteiger partial charge in [-0.1, -0.05) is 23.8 Å². The summed E-state index contributed by atoms with van der Waals surface area (Å²) < 4.78 is 25.5. The Morgan fingerprint density at radius 1 is 1.53 bits per heavy atom. The van der Waals surface area contributed by atoms with Gasteiger partial charge >= 0.3 is 0 Å². The zero-order valence-corrected chi connectivity index (χ0v) is 12.0. The van der Waals surface area contributed by atoms with Crippen molar-refractivity contribution in [2.75, 3.05) is 13.6 Å². The normalized spacial score (nSPS) is 11.6. The van der Waals surface area contributed by atoms with Crippen LogP contribution in [0.5, 0.6) is 0 Å². The van der Waals surface area contributed by atoms with Crippen LogP contribution in [0.3, 0.4) is 0 Å². The van der Waals surface area contributed by atoms with Crippen LogP contribution in [0.2, 0.25) is 5.02 Å². The van der Waals surface area contributed by atoms with Gasteiger partial charge in [0.05, 0.1) is 9.95 Å². The molecule has 0 heterocycles. The van der Waals surface area contributed by atoms with Crippen molar-refractivity contribution in [2.24, 2.45) is 0 Å². The Labute approximate surface area is 116 Å². The van der Waals surface area contributed by atoms with Crippen LogP contribution in [0.4, 0.5) is 5.69 Å². The van der Waals surface area contributed by atoms with Crippen molar-refractivity contribution >= 4 is 27.3 Å². The Bertz CT molecular complexity index is 628. The van der Waals surface area contributed by atoms with E-state index in [2.05, 4.69) is 6.58 Å². The topological polar surface area (TPSA) is 80.5 Å². The van der Waals surface area contributed by atoms with Crippen LogP contribution >= 0.6 is 11.6 Å². The molecular weight excluding hydrogens is 292 g/mol. The van der Waals surface area contributed by atoms with E-state index in [9.17, 15) is 18.5 Å². The van der Waals surface area contributed by atoms with Gasteiger partial charge in [0.2, 0.25) is 10.0 Å². The highest BCUT2D eigenvalue weighted by Crippen LogP contribution is 2.28. The first-order chi connectivity index (χ1) is 8.66. The molecule has 104 valence electrons. The highest BCUT2D eigenvalue weighted by atomic mass is 35.5. The highest BCUT2D eigenvalue weighted by Gasteiger charge is 2.25. The van der Waals surface area contributed by atoms with Crippen molar-refractivity contribution in [3.05, 3.63) is 45.5 Å². The van der Waals surface area contributed by atoms with E-state index in [1.165, 1.54) is 13.1 Å². The number of nitro groups is 1. The number of hydrogen-bond donors (Lipinski definition) is 0. The lowest BCUT2D eigenvalue weighted by molar-refractivity contribution is -0.385. The minimum Gasteiger partial charge on any atom is -0.258 e. The van der Waals surface area contributed by atoms with Gasteiger partial charge in [-0.2, -0.15) is 4.31 Å². The van der Waals surface area contributed by atoms with E-state index in [-0.39, 0.29) is 22.2 Å². The first-order valence-corrected chi connectivity index (χ1v) is 7.02. The van der Waals surface area contributed by atoms with E-state index in [4.69, 9.17) is 11.6 Å². The predicted molar refractivity (Wildman–Crippen MR) is 72.7 cm³/mol. The predicted octanol–water partition coefficient (Wildman–Crippen LogP) is 2.44. The van der Waals surface area contributed by atoms with Crippen molar-refractivity contribution in [2.45, 2.75) is 11.8 Å². The lowest BCUT2D eigenvalue weighted by atomic mass is 10.3. The number of nitro benzene ring substituents is 1. The van der Waals surface area contributed by atoms with Crippen molar-refractivity contribution < 1.29 is 13.3 Å². The number of likely N-dealkylation sites (N-methyl/N-ethyl adjacent to an activating group) is 1. The maximum absolute atomic E-state index is 12.2. The van der Waals surface area contributed by atoms with E-state index in [1.54, 1.807) is 6.92 Å². The van der Waals surface area contributed by atoms with E-state index < -0.39 is 14.9 Å². The van der Waals surface area contributed by atoms with E-state index in [0.717, 1.165) is 16.4 Å². The molecule has 0 bridgehead atoms. The van der Waals surface area contributed by atoms with Crippen molar-refractivity contribution in [3.63, 3.8) is 0 Å². The molecule has 6 nitrogen and oxygen atoms in total. The molecule has 1 aromatic rings. The van der Waals surface area contributed by atoms with Crippen LogP contribution in [0.1, 0.15) is 6.92 Å². The first kappa shape index (κ1) is 15.6. The Balaban J connectivity index is 3.31. The molecule has 8 heteroatoms. The molecule has 0 spiro atoms. The summed E-state index contributed by atoms with van der Waals surface area (Å²) in [6.07, 6.45) is 0. The molecule has 0 saturated heterocycles. The molecular formula is C11H13ClN2O4S. The number of sulfonamides is 1. The second-order valence-corrected chi connectivity index (χ2v) is 6.51. The molecule has 0 aromatic heterocycles. The Morgan fingerprint density at radius 2 is 2.11 bits per heavy atom. The number of hydrogen-bond acceptors (Lipinski definition) is 4.